The highest BCUT2D eigenvalue weighted by atomic mass is 79.9. The van der Waals surface area contributed by atoms with E-state index < -0.39 is 0 Å². The lowest BCUT2D eigenvalue weighted by molar-refractivity contribution is 0.0948. The molecule has 152 valence electrons. The number of rotatable bonds is 4. The molecule has 1 aromatic carbocycles. The molecule has 4 aromatic rings. The minimum absolute atomic E-state index is 0.310. The molecule has 0 aliphatic heterocycles. The fourth-order valence-corrected chi connectivity index (χ4v) is 4.28. The van der Waals surface area contributed by atoms with Crippen LogP contribution in [0.4, 0.5) is 0 Å². The van der Waals surface area contributed by atoms with Crippen LogP contribution < -0.4 is 5.43 Å². The van der Waals surface area contributed by atoms with Crippen LogP contribution >= 0.6 is 31.9 Å². The van der Waals surface area contributed by atoms with Gasteiger partial charge in [-0.2, -0.15) is 5.10 Å². The third-order valence-electron chi connectivity index (χ3n) is 4.88. The molecule has 0 saturated heterocycles. The minimum atomic E-state index is -0.310. The number of hydrogen-bond acceptors (Lipinski definition) is 3. The van der Waals surface area contributed by atoms with E-state index in [0.717, 1.165) is 31.6 Å². The molecule has 4 rings (SSSR count). The SMILES string of the molecule is Cc1nc2ccc(Br)cn2c1C(=O)N/N=C\c1cc(C)n(-c2cccc(Br)c2)c1C. The Morgan fingerprint density at radius 1 is 1.10 bits per heavy atom. The lowest BCUT2D eigenvalue weighted by Crippen LogP contribution is -2.20. The number of hydrazone groups is 1. The predicted octanol–water partition coefficient (Wildman–Crippen LogP) is 5.34. The second-order valence-electron chi connectivity index (χ2n) is 6.96. The number of carbonyl (C=O) groups is 1. The molecule has 3 aromatic heterocycles. The van der Waals surface area contributed by atoms with Crippen molar-refractivity contribution >= 4 is 49.6 Å². The molecule has 0 aliphatic rings. The molecule has 6 nitrogen and oxygen atoms in total. The van der Waals surface area contributed by atoms with Crippen molar-refractivity contribution in [2.45, 2.75) is 20.8 Å². The molecule has 0 spiro atoms. The smallest absolute Gasteiger partial charge is 0.290 e. The molecule has 0 saturated carbocycles. The molecule has 0 fully saturated rings. The predicted molar refractivity (Wildman–Crippen MR) is 126 cm³/mol. The quantitative estimate of drug-likeness (QED) is 0.287. The van der Waals surface area contributed by atoms with Crippen molar-refractivity contribution in [1.29, 1.82) is 0 Å². The number of nitrogens with one attached hydrogen (secondary N) is 1. The Labute approximate surface area is 190 Å². The number of aromatic nitrogens is 3. The Balaban J connectivity index is 1.59. The van der Waals surface area contributed by atoms with Crippen molar-refractivity contribution < 1.29 is 4.79 Å². The number of fused-ring (bicyclic) bond motifs is 1. The molecular formula is C22H19Br2N5O. The summed E-state index contributed by atoms with van der Waals surface area (Å²) in [5.74, 6) is -0.310. The lowest BCUT2D eigenvalue weighted by atomic mass is 10.2. The zero-order chi connectivity index (χ0) is 21.4. The summed E-state index contributed by atoms with van der Waals surface area (Å²) >= 11 is 6.96. The van der Waals surface area contributed by atoms with Gasteiger partial charge in [0.25, 0.3) is 5.91 Å². The molecule has 1 amide bonds. The maximum Gasteiger partial charge on any atom is 0.290 e. The first-order chi connectivity index (χ1) is 14.3. The summed E-state index contributed by atoms with van der Waals surface area (Å²) in [4.78, 5) is 17.2. The van der Waals surface area contributed by atoms with Gasteiger partial charge in [-0.15, -0.1) is 0 Å². The second-order valence-corrected chi connectivity index (χ2v) is 8.79. The molecule has 3 heterocycles. The van der Waals surface area contributed by atoms with Crippen LogP contribution in [-0.2, 0) is 0 Å². The molecule has 0 bridgehead atoms. The van der Waals surface area contributed by atoms with E-state index >= 15 is 0 Å². The van der Waals surface area contributed by atoms with E-state index in [0.29, 0.717) is 17.0 Å². The Morgan fingerprint density at radius 2 is 1.90 bits per heavy atom. The standard InChI is InChI=1S/C22H19Br2N5O/c1-13-9-16(15(3)29(13)19-6-4-5-17(23)10-19)11-25-27-22(30)21-14(2)26-20-8-7-18(24)12-28(20)21/h4-12H,1-3H3,(H,27,30)/b25-11-. The monoisotopic (exact) mass is 527 g/mol. The highest BCUT2D eigenvalue weighted by Gasteiger charge is 2.16. The highest BCUT2D eigenvalue weighted by Crippen LogP contribution is 2.22. The molecule has 0 atom stereocenters. The molecule has 0 unspecified atom stereocenters. The van der Waals surface area contributed by atoms with Gasteiger partial charge in [0.1, 0.15) is 11.3 Å². The van der Waals surface area contributed by atoms with Gasteiger partial charge in [0.15, 0.2) is 0 Å². The Morgan fingerprint density at radius 3 is 2.67 bits per heavy atom. The Hall–Kier alpha value is -2.71. The second kappa shape index (κ2) is 8.20. The normalized spacial score (nSPS) is 11.5. The number of pyridine rings is 1. The topological polar surface area (TPSA) is 63.7 Å². The zero-order valence-corrected chi connectivity index (χ0v) is 19.8. The summed E-state index contributed by atoms with van der Waals surface area (Å²) in [7, 11) is 0. The van der Waals surface area contributed by atoms with E-state index in [-0.39, 0.29) is 5.91 Å². The number of benzene rings is 1. The Bertz CT molecular complexity index is 1300. The van der Waals surface area contributed by atoms with Crippen molar-refractivity contribution in [3.05, 3.63) is 85.9 Å². The van der Waals surface area contributed by atoms with Crippen LogP contribution in [0, 0.1) is 20.8 Å². The minimum Gasteiger partial charge on any atom is -0.318 e. The molecule has 8 heteroatoms. The third-order valence-corrected chi connectivity index (χ3v) is 5.84. The lowest BCUT2D eigenvalue weighted by Gasteiger charge is -2.09. The molecular weight excluding hydrogens is 510 g/mol. The number of amides is 1. The summed E-state index contributed by atoms with van der Waals surface area (Å²) < 4.78 is 5.79. The van der Waals surface area contributed by atoms with Gasteiger partial charge in [-0.3, -0.25) is 9.20 Å². The molecule has 30 heavy (non-hydrogen) atoms. The first kappa shape index (κ1) is 20.6. The summed E-state index contributed by atoms with van der Waals surface area (Å²) in [5.41, 5.74) is 8.57. The van der Waals surface area contributed by atoms with Crippen molar-refractivity contribution in [3.63, 3.8) is 0 Å². The first-order valence-corrected chi connectivity index (χ1v) is 10.9. The zero-order valence-electron chi connectivity index (χ0n) is 16.6. The van der Waals surface area contributed by atoms with E-state index in [2.05, 4.69) is 64.1 Å². The van der Waals surface area contributed by atoms with Crippen LogP contribution in [0.25, 0.3) is 11.3 Å². The van der Waals surface area contributed by atoms with Crippen molar-refractivity contribution in [3.8, 4) is 5.69 Å². The van der Waals surface area contributed by atoms with Crippen molar-refractivity contribution in [1.82, 2.24) is 19.4 Å². The van der Waals surface area contributed by atoms with Crippen LogP contribution in [0.2, 0.25) is 0 Å². The van der Waals surface area contributed by atoms with E-state index in [4.69, 9.17) is 0 Å². The summed E-state index contributed by atoms with van der Waals surface area (Å²) in [6.45, 7) is 5.89. The fraction of sp³-hybridized carbons (Fsp3) is 0.136. The van der Waals surface area contributed by atoms with Gasteiger partial charge >= 0.3 is 0 Å². The van der Waals surface area contributed by atoms with E-state index in [1.807, 2.05) is 57.3 Å². The van der Waals surface area contributed by atoms with Gasteiger partial charge in [-0.05, 0) is 73.1 Å². The van der Waals surface area contributed by atoms with Crippen LogP contribution in [0.5, 0.6) is 0 Å². The number of hydrogen-bond donors (Lipinski definition) is 1. The number of carbonyl (C=O) groups excluding carboxylic acids is 1. The van der Waals surface area contributed by atoms with Crippen molar-refractivity contribution in [2.75, 3.05) is 0 Å². The summed E-state index contributed by atoms with van der Waals surface area (Å²) in [5, 5.41) is 4.19. The van der Waals surface area contributed by atoms with Gasteiger partial charge in [0.05, 0.1) is 11.9 Å². The van der Waals surface area contributed by atoms with Gasteiger partial charge < -0.3 is 4.57 Å². The number of halogens is 2. The number of imidazole rings is 1. The average Bonchev–Trinajstić information content (AvgIpc) is 3.16. The van der Waals surface area contributed by atoms with Crippen molar-refractivity contribution in [2.24, 2.45) is 5.10 Å². The van der Waals surface area contributed by atoms with Crippen LogP contribution in [-0.4, -0.2) is 26.1 Å². The Kier molecular flexibility index (Phi) is 5.62. The van der Waals surface area contributed by atoms with Gasteiger partial charge in [0.2, 0.25) is 0 Å². The first-order valence-electron chi connectivity index (χ1n) is 9.27. The van der Waals surface area contributed by atoms with Gasteiger partial charge in [0, 0.05) is 37.8 Å². The molecule has 0 aliphatic carbocycles. The molecule has 1 N–H and O–H groups in total. The number of nitrogens with zero attached hydrogens (tertiary/aromatic N) is 4. The van der Waals surface area contributed by atoms with Gasteiger partial charge in [-0.25, -0.2) is 10.4 Å². The van der Waals surface area contributed by atoms with E-state index in [9.17, 15) is 4.79 Å². The maximum absolute atomic E-state index is 12.7. The largest absolute Gasteiger partial charge is 0.318 e. The van der Waals surface area contributed by atoms with Crippen LogP contribution in [0.3, 0.4) is 0 Å². The average molecular weight is 529 g/mol. The van der Waals surface area contributed by atoms with E-state index in [1.165, 1.54) is 0 Å². The maximum atomic E-state index is 12.7. The number of aryl methyl sites for hydroxylation is 2. The third kappa shape index (κ3) is 3.85. The highest BCUT2D eigenvalue weighted by molar-refractivity contribution is 9.10. The van der Waals surface area contributed by atoms with Gasteiger partial charge in [-0.1, -0.05) is 22.0 Å². The van der Waals surface area contributed by atoms with E-state index in [1.54, 1.807) is 10.6 Å². The van der Waals surface area contributed by atoms with Crippen LogP contribution in [0.15, 0.2) is 62.7 Å². The molecule has 0 radical (unpaired) electrons. The summed E-state index contributed by atoms with van der Waals surface area (Å²) in [6, 6.07) is 13.9. The summed E-state index contributed by atoms with van der Waals surface area (Å²) in [6.07, 6.45) is 3.49. The van der Waals surface area contributed by atoms with Crippen LogP contribution in [0.1, 0.15) is 33.1 Å². The fourth-order valence-electron chi connectivity index (χ4n) is 3.55.